The van der Waals surface area contributed by atoms with Crippen molar-refractivity contribution in [2.75, 3.05) is 30.4 Å². The second-order valence-electron chi connectivity index (χ2n) is 6.49. The topological polar surface area (TPSA) is 55.8 Å². The molecule has 2 aromatic carbocycles. The molecule has 2 amide bonds. The van der Waals surface area contributed by atoms with Gasteiger partial charge in [0.25, 0.3) is 0 Å². The van der Waals surface area contributed by atoms with Crippen LogP contribution in [0, 0.1) is 0 Å². The van der Waals surface area contributed by atoms with Crippen molar-refractivity contribution < 1.29 is 9.90 Å². The summed E-state index contributed by atoms with van der Waals surface area (Å²) in [6.07, 6.45) is 0. The summed E-state index contributed by atoms with van der Waals surface area (Å²) in [6.45, 7) is 0.752. The molecule has 2 aliphatic rings. The number of likely N-dealkylation sites (N-methyl/N-ethyl adjacent to an activating group) is 1. The smallest absolute Gasteiger partial charge is 0.322 e. The summed E-state index contributed by atoms with van der Waals surface area (Å²) >= 11 is 0. The summed E-state index contributed by atoms with van der Waals surface area (Å²) in [5, 5.41) is 12.8. The van der Waals surface area contributed by atoms with Gasteiger partial charge in [0.15, 0.2) is 0 Å². The van der Waals surface area contributed by atoms with Crippen LogP contribution >= 0.6 is 0 Å². The zero-order chi connectivity index (χ0) is 16.7. The number of rotatable bonds is 2. The van der Waals surface area contributed by atoms with Gasteiger partial charge in [-0.1, -0.05) is 36.4 Å². The Morgan fingerprint density at radius 3 is 2.62 bits per heavy atom. The Morgan fingerprint density at radius 1 is 1.17 bits per heavy atom. The first-order valence-electron chi connectivity index (χ1n) is 8.26. The molecule has 0 saturated carbocycles. The van der Waals surface area contributed by atoms with Crippen molar-refractivity contribution in [3.63, 3.8) is 0 Å². The highest BCUT2D eigenvalue weighted by molar-refractivity contribution is 5.91. The summed E-state index contributed by atoms with van der Waals surface area (Å²) in [5.74, 6) is 0.198. The lowest BCUT2D eigenvalue weighted by molar-refractivity contribution is -0.00226. The molecule has 2 aromatic rings. The number of nitrogens with one attached hydrogen (secondary N) is 1. The second-order valence-corrected chi connectivity index (χ2v) is 6.49. The molecule has 0 bridgehead atoms. The molecule has 0 aromatic heterocycles. The molecule has 2 N–H and O–H groups in total. The number of para-hydroxylation sites is 2. The Balaban J connectivity index is 1.60. The van der Waals surface area contributed by atoms with Gasteiger partial charge < -0.3 is 20.2 Å². The molecule has 0 unspecified atom stereocenters. The van der Waals surface area contributed by atoms with E-state index in [9.17, 15) is 9.90 Å². The molecule has 0 aliphatic carbocycles. The monoisotopic (exact) mass is 323 g/mol. The largest absolute Gasteiger partial charge is 0.394 e. The van der Waals surface area contributed by atoms with E-state index in [1.807, 2.05) is 42.5 Å². The molecule has 2 aliphatic heterocycles. The lowest BCUT2D eigenvalue weighted by Crippen LogP contribution is -2.70. The number of anilines is 2. The van der Waals surface area contributed by atoms with Gasteiger partial charge in [-0.05, 0) is 23.8 Å². The van der Waals surface area contributed by atoms with Crippen molar-refractivity contribution in [3.8, 4) is 0 Å². The SMILES string of the molecule is CN1C[C@H]2[C@@H](c3ccccc31)[C@@H](CO)N2C(=O)Nc1ccccc1. The fourth-order valence-electron chi connectivity index (χ4n) is 4.07. The van der Waals surface area contributed by atoms with Crippen LogP contribution in [0.1, 0.15) is 11.5 Å². The first-order valence-corrected chi connectivity index (χ1v) is 8.26. The standard InChI is InChI=1S/C19H21N3O2/c1-21-11-16-18(14-9-5-6-10-15(14)21)17(12-23)22(16)19(24)20-13-7-3-2-4-8-13/h2-10,16-18,23H,11-12H2,1H3,(H,20,24)/t16-,17+,18+/m0/s1. The van der Waals surface area contributed by atoms with Crippen molar-refractivity contribution in [1.29, 1.82) is 0 Å². The maximum atomic E-state index is 12.7. The van der Waals surface area contributed by atoms with Crippen LogP contribution in [-0.2, 0) is 0 Å². The lowest BCUT2D eigenvalue weighted by Gasteiger charge is -2.58. The number of aliphatic hydroxyl groups is 1. The van der Waals surface area contributed by atoms with Gasteiger partial charge in [0.2, 0.25) is 0 Å². The highest BCUT2D eigenvalue weighted by Gasteiger charge is 2.54. The molecule has 0 radical (unpaired) electrons. The number of carbonyl (C=O) groups excluding carboxylic acids is 1. The number of likely N-dealkylation sites (tertiary alicyclic amines) is 1. The van der Waals surface area contributed by atoms with Gasteiger partial charge in [-0.3, -0.25) is 0 Å². The number of hydrogen-bond acceptors (Lipinski definition) is 3. The summed E-state index contributed by atoms with van der Waals surface area (Å²) in [4.78, 5) is 16.7. The average Bonchev–Trinajstić information content (AvgIpc) is 2.58. The van der Waals surface area contributed by atoms with Crippen LogP contribution in [0.4, 0.5) is 16.2 Å². The zero-order valence-electron chi connectivity index (χ0n) is 13.6. The minimum Gasteiger partial charge on any atom is -0.394 e. The molecule has 1 saturated heterocycles. The third-order valence-corrected chi connectivity index (χ3v) is 5.16. The Hall–Kier alpha value is -2.53. The highest BCUT2D eigenvalue weighted by atomic mass is 16.3. The summed E-state index contributed by atoms with van der Waals surface area (Å²) in [7, 11) is 2.05. The van der Waals surface area contributed by atoms with E-state index in [4.69, 9.17) is 0 Å². The van der Waals surface area contributed by atoms with Gasteiger partial charge >= 0.3 is 6.03 Å². The minimum atomic E-state index is -0.173. The van der Waals surface area contributed by atoms with Crippen molar-refractivity contribution in [2.45, 2.75) is 18.0 Å². The van der Waals surface area contributed by atoms with E-state index in [0.29, 0.717) is 0 Å². The van der Waals surface area contributed by atoms with Crippen molar-refractivity contribution >= 4 is 17.4 Å². The number of hydrogen-bond donors (Lipinski definition) is 2. The summed E-state index contributed by atoms with van der Waals surface area (Å²) < 4.78 is 0. The molecule has 1 fully saturated rings. The molecule has 5 heteroatoms. The van der Waals surface area contributed by atoms with Crippen LogP contribution in [0.5, 0.6) is 0 Å². The average molecular weight is 323 g/mol. The predicted octanol–water partition coefficient (Wildman–Crippen LogP) is 2.50. The molecule has 24 heavy (non-hydrogen) atoms. The quantitative estimate of drug-likeness (QED) is 0.893. The molecule has 2 heterocycles. The fourth-order valence-corrected chi connectivity index (χ4v) is 4.07. The van der Waals surface area contributed by atoms with Gasteiger partial charge in [-0.15, -0.1) is 0 Å². The van der Waals surface area contributed by atoms with Crippen LogP contribution in [0.2, 0.25) is 0 Å². The van der Waals surface area contributed by atoms with E-state index in [0.717, 1.165) is 12.2 Å². The minimum absolute atomic E-state index is 0.0264. The van der Waals surface area contributed by atoms with Crippen LogP contribution in [0.3, 0.4) is 0 Å². The third-order valence-electron chi connectivity index (χ3n) is 5.16. The lowest BCUT2D eigenvalue weighted by atomic mass is 9.72. The van der Waals surface area contributed by atoms with E-state index < -0.39 is 0 Å². The van der Waals surface area contributed by atoms with E-state index in [2.05, 4.69) is 29.4 Å². The number of fused-ring (bicyclic) bond motifs is 3. The highest BCUT2D eigenvalue weighted by Crippen LogP contribution is 2.47. The Labute approximate surface area is 141 Å². The van der Waals surface area contributed by atoms with E-state index in [1.165, 1.54) is 11.3 Å². The fraction of sp³-hybridized carbons (Fsp3) is 0.316. The summed E-state index contributed by atoms with van der Waals surface area (Å²) in [5.41, 5.74) is 3.19. The van der Waals surface area contributed by atoms with Crippen LogP contribution in [0.15, 0.2) is 54.6 Å². The normalized spacial score (nSPS) is 24.7. The molecule has 5 nitrogen and oxygen atoms in total. The molecular formula is C19H21N3O2. The maximum absolute atomic E-state index is 12.7. The number of nitrogens with zero attached hydrogens (tertiary/aromatic N) is 2. The molecular weight excluding hydrogens is 302 g/mol. The first kappa shape index (κ1) is 15.0. The third kappa shape index (κ3) is 2.24. The Bertz CT molecular complexity index is 749. The molecule has 124 valence electrons. The van der Waals surface area contributed by atoms with Crippen molar-refractivity contribution in [2.24, 2.45) is 0 Å². The van der Waals surface area contributed by atoms with Gasteiger partial charge in [-0.2, -0.15) is 0 Å². The molecule has 0 spiro atoms. The van der Waals surface area contributed by atoms with Crippen LogP contribution in [0.25, 0.3) is 0 Å². The van der Waals surface area contributed by atoms with Crippen LogP contribution < -0.4 is 10.2 Å². The first-order chi connectivity index (χ1) is 11.7. The van der Waals surface area contributed by atoms with E-state index in [-0.39, 0.29) is 30.6 Å². The Morgan fingerprint density at radius 2 is 1.88 bits per heavy atom. The van der Waals surface area contributed by atoms with Gasteiger partial charge in [0.05, 0.1) is 18.7 Å². The van der Waals surface area contributed by atoms with Gasteiger partial charge in [0, 0.05) is 30.9 Å². The number of aliphatic hydroxyl groups excluding tert-OH is 1. The second kappa shape index (κ2) is 5.83. The zero-order valence-corrected chi connectivity index (χ0v) is 13.6. The van der Waals surface area contributed by atoms with Crippen LogP contribution in [-0.4, -0.2) is 48.3 Å². The number of benzene rings is 2. The van der Waals surface area contributed by atoms with Crippen molar-refractivity contribution in [1.82, 2.24) is 4.90 Å². The van der Waals surface area contributed by atoms with E-state index >= 15 is 0 Å². The van der Waals surface area contributed by atoms with Crippen molar-refractivity contribution in [3.05, 3.63) is 60.2 Å². The maximum Gasteiger partial charge on any atom is 0.322 e. The number of carbonyl (C=O) groups is 1. The Kier molecular flexibility index (Phi) is 3.65. The van der Waals surface area contributed by atoms with E-state index in [1.54, 1.807) is 4.90 Å². The number of urea groups is 1. The predicted molar refractivity (Wildman–Crippen MR) is 94.4 cm³/mol. The van der Waals surface area contributed by atoms with Gasteiger partial charge in [0.1, 0.15) is 0 Å². The molecule has 3 atom stereocenters. The number of amides is 2. The molecule has 4 rings (SSSR count). The summed E-state index contributed by atoms with van der Waals surface area (Å²) in [6, 6.07) is 17.5. The van der Waals surface area contributed by atoms with Gasteiger partial charge in [-0.25, -0.2) is 4.79 Å².